The van der Waals surface area contributed by atoms with Crippen molar-refractivity contribution in [2.75, 3.05) is 18.8 Å². The average Bonchev–Trinajstić information content (AvgIpc) is 2.25. The lowest BCUT2D eigenvalue weighted by Gasteiger charge is -2.23. The fraction of sp³-hybridized carbons (Fsp3) is 0.917. The van der Waals surface area contributed by atoms with Gasteiger partial charge in [-0.1, -0.05) is 0 Å². The van der Waals surface area contributed by atoms with Crippen LogP contribution >= 0.6 is 0 Å². The molecule has 0 aromatic rings. The van der Waals surface area contributed by atoms with E-state index in [9.17, 15) is 13.2 Å². The molecule has 1 aliphatic rings. The van der Waals surface area contributed by atoms with Crippen molar-refractivity contribution in [2.24, 2.45) is 5.92 Å². The smallest absolute Gasteiger partial charge is 0.155 e. The molecular weight excluding hydrogens is 238 g/mol. The molecule has 0 atom stereocenters. The van der Waals surface area contributed by atoms with Crippen molar-refractivity contribution in [1.82, 2.24) is 5.32 Å². The highest BCUT2D eigenvalue weighted by Gasteiger charge is 2.30. The van der Waals surface area contributed by atoms with Crippen LogP contribution in [0.4, 0.5) is 0 Å². The Hall–Kier alpha value is -0.420. The second kappa shape index (κ2) is 5.48. The maximum Gasteiger partial charge on any atom is 0.155 e. The van der Waals surface area contributed by atoms with Gasteiger partial charge in [-0.25, -0.2) is 8.42 Å². The minimum Gasteiger partial charge on any atom is -0.317 e. The molecule has 0 radical (unpaired) electrons. The van der Waals surface area contributed by atoms with E-state index < -0.39 is 14.6 Å². The topological polar surface area (TPSA) is 63.2 Å². The highest BCUT2D eigenvalue weighted by atomic mass is 32.2. The van der Waals surface area contributed by atoms with Gasteiger partial charge in [0, 0.05) is 12.3 Å². The number of carbonyl (C=O) groups is 1. The van der Waals surface area contributed by atoms with E-state index in [1.165, 1.54) is 0 Å². The molecule has 1 heterocycles. The van der Waals surface area contributed by atoms with Gasteiger partial charge in [0.25, 0.3) is 0 Å². The monoisotopic (exact) mass is 261 g/mol. The van der Waals surface area contributed by atoms with Crippen LogP contribution in [-0.2, 0) is 14.6 Å². The van der Waals surface area contributed by atoms with Crippen molar-refractivity contribution in [3.05, 3.63) is 0 Å². The molecule has 1 aliphatic heterocycles. The van der Waals surface area contributed by atoms with Crippen molar-refractivity contribution in [2.45, 2.75) is 44.8 Å². The molecular formula is C12H23NO3S. The number of nitrogens with one attached hydrogen (secondary N) is 1. The first-order chi connectivity index (χ1) is 7.74. The van der Waals surface area contributed by atoms with Gasteiger partial charge in [0.1, 0.15) is 5.78 Å². The number of sulfone groups is 1. The van der Waals surface area contributed by atoms with Gasteiger partial charge in [0.15, 0.2) is 9.84 Å². The van der Waals surface area contributed by atoms with Crippen molar-refractivity contribution in [3.63, 3.8) is 0 Å². The van der Waals surface area contributed by atoms with E-state index in [0.717, 1.165) is 25.9 Å². The zero-order valence-electron chi connectivity index (χ0n) is 11.0. The molecule has 17 heavy (non-hydrogen) atoms. The maximum absolute atomic E-state index is 11.9. The zero-order valence-corrected chi connectivity index (χ0v) is 11.8. The Kier molecular flexibility index (Phi) is 4.72. The fourth-order valence-electron chi connectivity index (χ4n) is 1.89. The minimum atomic E-state index is -3.17. The van der Waals surface area contributed by atoms with Crippen molar-refractivity contribution in [3.8, 4) is 0 Å². The van der Waals surface area contributed by atoms with E-state index in [2.05, 4.69) is 5.32 Å². The van der Waals surface area contributed by atoms with Gasteiger partial charge in [-0.3, -0.25) is 4.79 Å². The summed E-state index contributed by atoms with van der Waals surface area (Å²) in [4.78, 5) is 11.9. The van der Waals surface area contributed by atoms with Crippen LogP contribution in [-0.4, -0.2) is 37.8 Å². The first-order valence-corrected chi connectivity index (χ1v) is 7.85. The zero-order chi connectivity index (χ0) is 13.1. The van der Waals surface area contributed by atoms with Gasteiger partial charge in [-0.15, -0.1) is 0 Å². The van der Waals surface area contributed by atoms with Crippen LogP contribution in [0.3, 0.4) is 0 Å². The molecule has 4 nitrogen and oxygen atoms in total. The summed E-state index contributed by atoms with van der Waals surface area (Å²) >= 11 is 0. The van der Waals surface area contributed by atoms with E-state index in [1.54, 1.807) is 20.8 Å². The highest BCUT2D eigenvalue weighted by molar-refractivity contribution is 7.92. The number of rotatable bonds is 4. The number of carbonyl (C=O) groups excluding carboxylic acids is 1. The van der Waals surface area contributed by atoms with Gasteiger partial charge in [-0.2, -0.15) is 0 Å². The number of ketones is 1. The Bertz CT molecular complexity index is 362. The SMILES string of the molecule is CC(C)(C)S(=O)(=O)CCC(=O)C1CCNCC1. The molecule has 0 aromatic heterocycles. The minimum absolute atomic E-state index is 0.0146. The van der Waals surface area contributed by atoms with Crippen LogP contribution in [0, 0.1) is 5.92 Å². The summed E-state index contributed by atoms with van der Waals surface area (Å²) in [6.45, 7) is 6.76. The Labute approximate surface area is 104 Å². The lowest BCUT2D eigenvalue weighted by atomic mass is 9.92. The van der Waals surface area contributed by atoms with E-state index >= 15 is 0 Å². The van der Waals surface area contributed by atoms with Gasteiger partial charge in [0.05, 0.1) is 10.5 Å². The quantitative estimate of drug-likeness (QED) is 0.825. The molecule has 1 saturated heterocycles. The van der Waals surface area contributed by atoms with Crippen molar-refractivity contribution >= 4 is 15.6 Å². The lowest BCUT2D eigenvalue weighted by molar-refractivity contribution is -0.123. The van der Waals surface area contributed by atoms with Crippen LogP contribution in [0.15, 0.2) is 0 Å². The van der Waals surface area contributed by atoms with Gasteiger partial charge in [0.2, 0.25) is 0 Å². The largest absolute Gasteiger partial charge is 0.317 e. The van der Waals surface area contributed by atoms with E-state index in [4.69, 9.17) is 0 Å². The number of Topliss-reactive ketones (excluding diaryl/α,β-unsaturated/α-hetero) is 1. The Morgan fingerprint density at radius 2 is 1.76 bits per heavy atom. The van der Waals surface area contributed by atoms with Crippen molar-refractivity contribution in [1.29, 1.82) is 0 Å². The predicted octanol–water partition coefficient (Wildman–Crippen LogP) is 1.16. The third-order valence-corrected chi connectivity index (χ3v) is 5.95. The molecule has 1 N–H and O–H groups in total. The molecule has 0 spiro atoms. The van der Waals surface area contributed by atoms with Crippen LogP contribution < -0.4 is 5.32 Å². The van der Waals surface area contributed by atoms with Crippen LogP contribution in [0.1, 0.15) is 40.0 Å². The molecule has 100 valence electrons. The third kappa shape index (κ3) is 4.07. The molecule has 1 fully saturated rings. The van der Waals surface area contributed by atoms with Gasteiger partial charge >= 0.3 is 0 Å². The summed E-state index contributed by atoms with van der Waals surface area (Å²) in [5.74, 6) is 0.157. The first-order valence-electron chi connectivity index (χ1n) is 6.20. The fourth-order valence-corrected chi connectivity index (χ4v) is 2.97. The Morgan fingerprint density at radius 3 is 2.24 bits per heavy atom. The lowest BCUT2D eigenvalue weighted by Crippen LogP contribution is -2.34. The van der Waals surface area contributed by atoms with E-state index in [1.807, 2.05) is 0 Å². The Balaban J connectivity index is 2.48. The average molecular weight is 261 g/mol. The van der Waals surface area contributed by atoms with Crippen LogP contribution in [0.2, 0.25) is 0 Å². The van der Waals surface area contributed by atoms with Gasteiger partial charge < -0.3 is 5.32 Å². The van der Waals surface area contributed by atoms with Crippen LogP contribution in [0.25, 0.3) is 0 Å². The predicted molar refractivity (Wildman–Crippen MR) is 68.8 cm³/mol. The standard InChI is InChI=1S/C12H23NO3S/c1-12(2,3)17(15,16)9-6-11(14)10-4-7-13-8-5-10/h10,13H,4-9H2,1-3H3. The first kappa shape index (κ1) is 14.6. The van der Waals surface area contributed by atoms with Crippen molar-refractivity contribution < 1.29 is 13.2 Å². The molecule has 5 heteroatoms. The van der Waals surface area contributed by atoms with Gasteiger partial charge in [-0.05, 0) is 46.7 Å². The molecule has 0 aliphatic carbocycles. The van der Waals surface area contributed by atoms with E-state index in [0.29, 0.717) is 0 Å². The summed E-state index contributed by atoms with van der Waals surface area (Å²) in [5, 5.41) is 3.20. The second-order valence-corrected chi connectivity index (χ2v) is 8.53. The van der Waals surface area contributed by atoms with Crippen LogP contribution in [0.5, 0.6) is 0 Å². The molecule has 0 saturated carbocycles. The molecule has 1 rings (SSSR count). The third-order valence-electron chi connectivity index (χ3n) is 3.34. The molecule has 0 unspecified atom stereocenters. The summed E-state index contributed by atoms with van der Waals surface area (Å²) < 4.78 is 23.0. The summed E-state index contributed by atoms with van der Waals surface area (Å²) in [5.41, 5.74) is 0. The Morgan fingerprint density at radius 1 is 1.24 bits per heavy atom. The summed E-state index contributed by atoms with van der Waals surface area (Å²) in [6, 6.07) is 0. The normalized spacial score (nSPS) is 19.2. The second-order valence-electron chi connectivity index (χ2n) is 5.67. The maximum atomic E-state index is 11.9. The number of piperidine rings is 1. The highest BCUT2D eigenvalue weighted by Crippen LogP contribution is 2.19. The summed E-state index contributed by atoms with van der Waals surface area (Å²) in [6.07, 6.45) is 1.85. The molecule has 0 bridgehead atoms. The molecule has 0 amide bonds. The number of hydrogen-bond donors (Lipinski definition) is 1. The molecule has 0 aromatic carbocycles. The summed E-state index contributed by atoms with van der Waals surface area (Å²) in [7, 11) is -3.17. The number of hydrogen-bond acceptors (Lipinski definition) is 4. The van der Waals surface area contributed by atoms with E-state index in [-0.39, 0.29) is 23.9 Å².